The van der Waals surface area contributed by atoms with Gasteiger partial charge in [-0.05, 0) is 44.0 Å². The number of alkyl halides is 3. The van der Waals surface area contributed by atoms with E-state index in [0.717, 1.165) is 25.5 Å². The Bertz CT molecular complexity index is 472. The first kappa shape index (κ1) is 15.0. The summed E-state index contributed by atoms with van der Waals surface area (Å²) >= 11 is 0. The lowest BCUT2D eigenvalue weighted by molar-refractivity contribution is -0.138. The Hall–Kier alpha value is -1.36. The number of rotatable bonds is 3. The summed E-state index contributed by atoms with van der Waals surface area (Å²) in [4.78, 5) is 13.5. The van der Waals surface area contributed by atoms with E-state index in [0.29, 0.717) is 12.8 Å². The average molecular weight is 285 g/mol. The molecule has 0 bridgehead atoms. The van der Waals surface area contributed by atoms with Gasteiger partial charge in [0.15, 0.2) is 0 Å². The molecule has 0 radical (unpaired) electrons. The van der Waals surface area contributed by atoms with Crippen molar-refractivity contribution < 1.29 is 18.0 Å². The van der Waals surface area contributed by atoms with Gasteiger partial charge in [0.25, 0.3) is 0 Å². The van der Waals surface area contributed by atoms with Gasteiger partial charge in [-0.2, -0.15) is 13.2 Å². The molecule has 2 atom stereocenters. The Morgan fingerprint density at radius 1 is 1.35 bits per heavy atom. The molecule has 2 nitrogen and oxygen atoms in total. The number of nitrogens with zero attached hydrogens (tertiary/aromatic N) is 1. The number of halogens is 3. The fourth-order valence-electron chi connectivity index (χ4n) is 2.98. The topological polar surface area (TPSA) is 20.3 Å². The molecular formula is C15H18F3NO. The van der Waals surface area contributed by atoms with Gasteiger partial charge in [-0.15, -0.1) is 0 Å². The predicted molar refractivity (Wildman–Crippen MR) is 70.5 cm³/mol. The molecule has 1 aliphatic heterocycles. The molecule has 0 saturated carbocycles. The van der Waals surface area contributed by atoms with Crippen molar-refractivity contribution in [2.24, 2.45) is 5.92 Å². The lowest BCUT2D eigenvalue weighted by Crippen LogP contribution is -2.36. The van der Waals surface area contributed by atoms with Crippen LogP contribution in [0.4, 0.5) is 13.2 Å². The first-order chi connectivity index (χ1) is 9.43. The smallest absolute Gasteiger partial charge is 0.306 e. The molecule has 0 aliphatic carbocycles. The quantitative estimate of drug-likeness (QED) is 0.794. The van der Waals surface area contributed by atoms with Gasteiger partial charge in [-0.1, -0.05) is 18.2 Å². The molecule has 20 heavy (non-hydrogen) atoms. The zero-order chi connectivity index (χ0) is 14.8. The van der Waals surface area contributed by atoms with Crippen molar-refractivity contribution in [2.45, 2.75) is 24.9 Å². The summed E-state index contributed by atoms with van der Waals surface area (Å²) in [6.07, 6.45) is -2.04. The lowest BCUT2D eigenvalue weighted by Gasteiger charge is -2.33. The summed E-state index contributed by atoms with van der Waals surface area (Å²) in [7, 11) is 1.93. The second-order valence-electron chi connectivity index (χ2n) is 5.41. The van der Waals surface area contributed by atoms with Gasteiger partial charge in [0.05, 0.1) is 5.56 Å². The zero-order valence-electron chi connectivity index (χ0n) is 11.4. The number of benzene rings is 1. The van der Waals surface area contributed by atoms with Gasteiger partial charge in [-0.3, -0.25) is 0 Å². The summed E-state index contributed by atoms with van der Waals surface area (Å²) in [6, 6.07) is 5.41. The molecule has 1 aromatic rings. The third kappa shape index (κ3) is 3.20. The van der Waals surface area contributed by atoms with E-state index in [9.17, 15) is 18.0 Å². The number of likely N-dealkylation sites (tertiary alicyclic amines) is 1. The van der Waals surface area contributed by atoms with Gasteiger partial charge in [-0.25, -0.2) is 0 Å². The second-order valence-corrected chi connectivity index (χ2v) is 5.41. The molecule has 5 heteroatoms. The van der Waals surface area contributed by atoms with Crippen LogP contribution in [0.1, 0.15) is 29.9 Å². The summed E-state index contributed by atoms with van der Waals surface area (Å²) in [5.41, 5.74) is -0.583. The normalized spacial score (nSPS) is 22.5. The summed E-state index contributed by atoms with van der Waals surface area (Å²) in [5, 5.41) is 0. The van der Waals surface area contributed by atoms with E-state index in [1.807, 2.05) is 7.05 Å². The van der Waals surface area contributed by atoms with Crippen LogP contribution in [0, 0.1) is 5.92 Å². The van der Waals surface area contributed by atoms with Gasteiger partial charge >= 0.3 is 6.18 Å². The van der Waals surface area contributed by atoms with Gasteiger partial charge in [0.2, 0.25) is 0 Å². The lowest BCUT2D eigenvalue weighted by atomic mass is 9.80. The molecule has 1 aromatic carbocycles. The van der Waals surface area contributed by atoms with E-state index in [-0.39, 0.29) is 11.5 Å². The van der Waals surface area contributed by atoms with E-state index in [4.69, 9.17) is 0 Å². The van der Waals surface area contributed by atoms with Crippen LogP contribution in [0.5, 0.6) is 0 Å². The number of piperidine rings is 1. The van der Waals surface area contributed by atoms with Gasteiger partial charge < -0.3 is 9.69 Å². The molecule has 1 aliphatic rings. The summed E-state index contributed by atoms with van der Waals surface area (Å²) in [5.74, 6) is -0.731. The zero-order valence-corrected chi connectivity index (χ0v) is 11.4. The Kier molecular flexibility index (Phi) is 4.48. The van der Waals surface area contributed by atoms with Crippen LogP contribution in [-0.2, 0) is 11.0 Å². The van der Waals surface area contributed by atoms with E-state index in [1.54, 1.807) is 6.07 Å². The van der Waals surface area contributed by atoms with Crippen molar-refractivity contribution in [3.05, 3.63) is 35.4 Å². The van der Waals surface area contributed by atoms with Crippen molar-refractivity contribution >= 4 is 6.29 Å². The van der Waals surface area contributed by atoms with Crippen LogP contribution in [0.15, 0.2) is 24.3 Å². The predicted octanol–water partition coefficient (Wildman–Crippen LogP) is 3.33. The first-order valence-electron chi connectivity index (χ1n) is 6.73. The van der Waals surface area contributed by atoms with E-state index >= 15 is 0 Å². The Morgan fingerprint density at radius 2 is 2.05 bits per heavy atom. The molecule has 0 amide bonds. The fourth-order valence-corrected chi connectivity index (χ4v) is 2.98. The molecule has 2 rings (SSSR count). The van der Waals surface area contributed by atoms with Crippen LogP contribution in [0.2, 0.25) is 0 Å². The minimum Gasteiger partial charge on any atom is -0.306 e. The first-order valence-corrected chi connectivity index (χ1v) is 6.73. The van der Waals surface area contributed by atoms with Gasteiger partial charge in [0, 0.05) is 12.5 Å². The molecular weight excluding hydrogens is 267 g/mol. The summed E-state index contributed by atoms with van der Waals surface area (Å²) < 4.78 is 39.2. The highest BCUT2D eigenvalue weighted by molar-refractivity contribution is 5.64. The molecule has 1 fully saturated rings. The van der Waals surface area contributed by atoms with Gasteiger partial charge in [0.1, 0.15) is 6.29 Å². The van der Waals surface area contributed by atoms with E-state index in [2.05, 4.69) is 4.90 Å². The molecule has 110 valence electrons. The Morgan fingerprint density at radius 3 is 2.65 bits per heavy atom. The Balaban J connectivity index is 2.34. The average Bonchev–Trinajstić information content (AvgIpc) is 2.39. The molecule has 1 saturated heterocycles. The number of carbonyl (C=O) groups excluding carboxylic acids is 1. The van der Waals surface area contributed by atoms with Crippen LogP contribution < -0.4 is 0 Å². The van der Waals surface area contributed by atoms with Crippen molar-refractivity contribution in [3.63, 3.8) is 0 Å². The minimum absolute atomic E-state index is 0.0465. The number of aldehydes is 1. The SMILES string of the molecule is CN1CCCC(C(C=O)c2ccccc2C(F)(F)F)C1. The van der Waals surface area contributed by atoms with Crippen LogP contribution >= 0.6 is 0 Å². The largest absolute Gasteiger partial charge is 0.416 e. The third-order valence-electron chi connectivity index (χ3n) is 3.94. The van der Waals surface area contributed by atoms with Crippen molar-refractivity contribution in [3.8, 4) is 0 Å². The van der Waals surface area contributed by atoms with Crippen molar-refractivity contribution in [1.82, 2.24) is 4.90 Å². The Labute approximate surface area is 116 Å². The molecule has 0 spiro atoms. The van der Waals surface area contributed by atoms with Crippen LogP contribution in [0.3, 0.4) is 0 Å². The maximum atomic E-state index is 13.1. The minimum atomic E-state index is -4.42. The highest BCUT2D eigenvalue weighted by atomic mass is 19.4. The number of carbonyl (C=O) groups is 1. The van der Waals surface area contributed by atoms with Crippen molar-refractivity contribution in [2.75, 3.05) is 20.1 Å². The third-order valence-corrected chi connectivity index (χ3v) is 3.94. The molecule has 1 heterocycles. The molecule has 2 unspecified atom stereocenters. The highest BCUT2D eigenvalue weighted by Crippen LogP contribution is 2.38. The standard InChI is InChI=1S/C15H18F3NO/c1-19-8-4-5-11(9-19)13(10-20)12-6-2-3-7-14(12)15(16,17)18/h2-3,6-7,10-11,13H,4-5,8-9H2,1H3. The van der Waals surface area contributed by atoms with E-state index in [1.165, 1.54) is 12.1 Å². The molecule has 0 N–H and O–H groups in total. The number of hydrogen-bond acceptors (Lipinski definition) is 2. The monoisotopic (exact) mass is 285 g/mol. The summed E-state index contributed by atoms with van der Waals surface area (Å²) in [6.45, 7) is 1.60. The van der Waals surface area contributed by atoms with Crippen LogP contribution in [0.25, 0.3) is 0 Å². The highest BCUT2D eigenvalue weighted by Gasteiger charge is 2.37. The van der Waals surface area contributed by atoms with Crippen molar-refractivity contribution in [1.29, 1.82) is 0 Å². The molecule has 0 aromatic heterocycles. The number of hydrogen-bond donors (Lipinski definition) is 0. The maximum Gasteiger partial charge on any atom is 0.416 e. The van der Waals surface area contributed by atoms with Crippen LogP contribution in [-0.4, -0.2) is 31.3 Å². The maximum absolute atomic E-state index is 13.1. The van der Waals surface area contributed by atoms with E-state index < -0.39 is 17.7 Å². The second kappa shape index (κ2) is 5.95. The fraction of sp³-hybridized carbons (Fsp3) is 0.533.